The van der Waals surface area contributed by atoms with Crippen LogP contribution in [0.1, 0.15) is 29.3 Å². The van der Waals surface area contributed by atoms with Crippen molar-refractivity contribution in [1.29, 1.82) is 0 Å². The van der Waals surface area contributed by atoms with E-state index in [1.165, 1.54) is 0 Å². The van der Waals surface area contributed by atoms with Crippen LogP contribution in [0, 0.1) is 11.8 Å². The second-order valence-electron chi connectivity index (χ2n) is 8.20. The Kier molecular flexibility index (Phi) is 5.15. The molecule has 2 N–H and O–H groups in total. The van der Waals surface area contributed by atoms with E-state index in [0.29, 0.717) is 23.7 Å². The van der Waals surface area contributed by atoms with Gasteiger partial charge in [0.25, 0.3) is 5.91 Å². The highest BCUT2D eigenvalue weighted by Crippen LogP contribution is 2.38. The molecule has 0 radical (unpaired) electrons. The number of rotatable bonds is 6. The van der Waals surface area contributed by atoms with Crippen LogP contribution < -0.4 is 10.6 Å². The number of pyridine rings is 1. The topological polar surface area (TPSA) is 88.9 Å². The van der Waals surface area contributed by atoms with Gasteiger partial charge in [0.15, 0.2) is 0 Å². The van der Waals surface area contributed by atoms with Crippen molar-refractivity contribution >= 4 is 28.5 Å². The predicted octanol–water partition coefficient (Wildman–Crippen LogP) is 3.95. The second-order valence-corrected chi connectivity index (χ2v) is 8.20. The number of benzene rings is 2. The molecule has 2 atom stereocenters. The van der Waals surface area contributed by atoms with Crippen molar-refractivity contribution in [2.75, 3.05) is 5.32 Å². The SMILES string of the molecule is CC1CC1C(=O)Nc1cccc(C(=O)NCc2ccc(-n3cnc4ccccc43)nc2)c1. The normalized spacial score (nSPS) is 17.2. The molecule has 1 fully saturated rings. The Morgan fingerprint density at radius 1 is 1.06 bits per heavy atom. The molecule has 2 aromatic heterocycles. The lowest BCUT2D eigenvalue weighted by Gasteiger charge is -2.09. The molecule has 32 heavy (non-hydrogen) atoms. The molecular formula is C25H23N5O2. The lowest BCUT2D eigenvalue weighted by atomic mass is 10.1. The lowest BCUT2D eigenvalue weighted by Crippen LogP contribution is -2.23. The molecule has 2 heterocycles. The van der Waals surface area contributed by atoms with Crippen molar-refractivity contribution in [3.8, 4) is 5.82 Å². The van der Waals surface area contributed by atoms with Crippen LogP contribution in [-0.2, 0) is 11.3 Å². The lowest BCUT2D eigenvalue weighted by molar-refractivity contribution is -0.117. The number of anilines is 1. The molecule has 1 aliphatic carbocycles. The number of hydrogen-bond donors (Lipinski definition) is 2. The van der Waals surface area contributed by atoms with Gasteiger partial charge in [-0.1, -0.05) is 31.2 Å². The van der Waals surface area contributed by atoms with E-state index in [1.54, 1.807) is 36.8 Å². The third-order valence-electron chi connectivity index (χ3n) is 5.80. The molecule has 0 bridgehead atoms. The van der Waals surface area contributed by atoms with E-state index in [-0.39, 0.29) is 17.7 Å². The quantitative estimate of drug-likeness (QED) is 0.490. The molecular weight excluding hydrogens is 402 g/mol. The largest absolute Gasteiger partial charge is 0.348 e. The van der Waals surface area contributed by atoms with Crippen molar-refractivity contribution in [2.45, 2.75) is 19.9 Å². The van der Waals surface area contributed by atoms with E-state index in [2.05, 4.69) is 27.5 Å². The van der Waals surface area contributed by atoms with E-state index in [9.17, 15) is 9.59 Å². The molecule has 0 saturated heterocycles. The molecule has 0 aliphatic heterocycles. The highest BCUT2D eigenvalue weighted by atomic mass is 16.2. The van der Waals surface area contributed by atoms with E-state index in [4.69, 9.17) is 0 Å². The number of aromatic nitrogens is 3. The molecule has 1 aliphatic rings. The molecule has 4 aromatic rings. The number of carbonyl (C=O) groups is 2. The van der Waals surface area contributed by atoms with Crippen LogP contribution in [0.5, 0.6) is 0 Å². The summed E-state index contributed by atoms with van der Waals surface area (Å²) < 4.78 is 1.93. The summed E-state index contributed by atoms with van der Waals surface area (Å²) in [5.41, 5.74) is 3.93. The van der Waals surface area contributed by atoms with Crippen molar-refractivity contribution in [2.24, 2.45) is 11.8 Å². The first-order valence-electron chi connectivity index (χ1n) is 10.6. The van der Waals surface area contributed by atoms with Gasteiger partial charge in [-0.3, -0.25) is 14.2 Å². The van der Waals surface area contributed by atoms with Gasteiger partial charge in [-0.25, -0.2) is 9.97 Å². The summed E-state index contributed by atoms with van der Waals surface area (Å²) in [6, 6.07) is 18.7. The van der Waals surface area contributed by atoms with Crippen LogP contribution in [0.25, 0.3) is 16.9 Å². The molecule has 7 heteroatoms. The van der Waals surface area contributed by atoms with E-state index in [0.717, 1.165) is 28.8 Å². The van der Waals surface area contributed by atoms with Crippen molar-refractivity contribution < 1.29 is 9.59 Å². The van der Waals surface area contributed by atoms with Crippen molar-refractivity contribution in [3.63, 3.8) is 0 Å². The van der Waals surface area contributed by atoms with E-state index >= 15 is 0 Å². The third-order valence-corrected chi connectivity index (χ3v) is 5.80. The number of nitrogens with zero attached hydrogens (tertiary/aromatic N) is 3. The summed E-state index contributed by atoms with van der Waals surface area (Å²) in [5.74, 6) is 1.11. The van der Waals surface area contributed by atoms with Crippen LogP contribution in [-0.4, -0.2) is 26.3 Å². The monoisotopic (exact) mass is 425 g/mol. The molecule has 2 aromatic carbocycles. The first-order chi connectivity index (χ1) is 15.6. The Balaban J connectivity index is 1.22. The van der Waals surface area contributed by atoms with Gasteiger partial charge in [-0.15, -0.1) is 0 Å². The van der Waals surface area contributed by atoms with Gasteiger partial charge < -0.3 is 10.6 Å². The number of hydrogen-bond acceptors (Lipinski definition) is 4. The number of nitrogens with one attached hydrogen (secondary N) is 2. The van der Waals surface area contributed by atoms with Gasteiger partial charge in [-0.05, 0) is 54.3 Å². The van der Waals surface area contributed by atoms with E-state index < -0.39 is 0 Å². The van der Waals surface area contributed by atoms with Gasteiger partial charge in [0.05, 0.1) is 11.0 Å². The molecule has 0 spiro atoms. The molecule has 5 rings (SSSR count). The fourth-order valence-electron chi connectivity index (χ4n) is 3.75. The van der Waals surface area contributed by atoms with Gasteiger partial charge in [0, 0.05) is 29.9 Å². The highest BCUT2D eigenvalue weighted by Gasteiger charge is 2.39. The summed E-state index contributed by atoms with van der Waals surface area (Å²) in [7, 11) is 0. The maximum atomic E-state index is 12.6. The summed E-state index contributed by atoms with van der Waals surface area (Å²) in [5, 5.41) is 5.81. The Bertz CT molecular complexity index is 1300. The Morgan fingerprint density at radius 2 is 1.91 bits per heavy atom. The van der Waals surface area contributed by atoms with E-state index in [1.807, 2.05) is 41.0 Å². The van der Waals surface area contributed by atoms with Gasteiger partial charge in [-0.2, -0.15) is 0 Å². The average molecular weight is 425 g/mol. The predicted molar refractivity (Wildman–Crippen MR) is 122 cm³/mol. The Morgan fingerprint density at radius 3 is 2.69 bits per heavy atom. The molecule has 1 saturated carbocycles. The van der Waals surface area contributed by atoms with Gasteiger partial charge in [0.2, 0.25) is 5.91 Å². The number of fused-ring (bicyclic) bond motifs is 1. The molecule has 2 amide bonds. The molecule has 2 unspecified atom stereocenters. The van der Waals surface area contributed by atoms with Gasteiger partial charge in [0.1, 0.15) is 12.1 Å². The Labute approximate surface area is 185 Å². The summed E-state index contributed by atoms with van der Waals surface area (Å²) in [4.78, 5) is 33.6. The standard InChI is InChI=1S/C25H23N5O2/c1-16-11-20(16)25(32)29-19-6-4-5-18(12-19)24(31)27-14-17-9-10-23(26-13-17)30-15-28-21-7-2-3-8-22(21)30/h2-10,12-13,15-16,20H,11,14H2,1H3,(H,27,31)(H,29,32). The zero-order valence-corrected chi connectivity index (χ0v) is 17.7. The number of imidazole rings is 1. The average Bonchev–Trinajstić information content (AvgIpc) is 3.40. The first kappa shape index (κ1) is 19.9. The zero-order valence-electron chi connectivity index (χ0n) is 17.7. The number of para-hydroxylation sites is 2. The van der Waals surface area contributed by atoms with Crippen molar-refractivity contribution in [3.05, 3.63) is 84.3 Å². The summed E-state index contributed by atoms with van der Waals surface area (Å²) >= 11 is 0. The van der Waals surface area contributed by atoms with Crippen LogP contribution in [0.3, 0.4) is 0 Å². The minimum Gasteiger partial charge on any atom is -0.348 e. The minimum atomic E-state index is -0.203. The third kappa shape index (κ3) is 4.09. The number of amides is 2. The fourth-order valence-corrected chi connectivity index (χ4v) is 3.75. The molecule has 160 valence electrons. The number of carbonyl (C=O) groups excluding carboxylic acids is 2. The van der Waals surface area contributed by atoms with Crippen molar-refractivity contribution in [1.82, 2.24) is 19.9 Å². The zero-order chi connectivity index (χ0) is 22.1. The highest BCUT2D eigenvalue weighted by molar-refractivity contribution is 5.98. The maximum Gasteiger partial charge on any atom is 0.251 e. The van der Waals surface area contributed by atoms with Crippen LogP contribution in [0.4, 0.5) is 5.69 Å². The van der Waals surface area contributed by atoms with Crippen LogP contribution in [0.2, 0.25) is 0 Å². The molecule has 7 nitrogen and oxygen atoms in total. The smallest absolute Gasteiger partial charge is 0.251 e. The van der Waals surface area contributed by atoms with Crippen LogP contribution >= 0.6 is 0 Å². The summed E-state index contributed by atoms with van der Waals surface area (Å²) in [6.45, 7) is 2.42. The minimum absolute atomic E-state index is 0.0203. The summed E-state index contributed by atoms with van der Waals surface area (Å²) in [6.07, 6.45) is 4.43. The second kappa shape index (κ2) is 8.26. The maximum absolute atomic E-state index is 12.6. The first-order valence-corrected chi connectivity index (χ1v) is 10.6. The Hall–Kier alpha value is -4.00. The van der Waals surface area contributed by atoms with Crippen LogP contribution in [0.15, 0.2) is 73.2 Å². The fraction of sp³-hybridized carbons (Fsp3) is 0.200. The van der Waals surface area contributed by atoms with Gasteiger partial charge >= 0.3 is 0 Å².